The van der Waals surface area contributed by atoms with E-state index in [1.54, 1.807) is 19.1 Å². The summed E-state index contributed by atoms with van der Waals surface area (Å²) < 4.78 is 13.3. The highest BCUT2D eigenvalue weighted by atomic mass is 19.1. The molecule has 0 spiro atoms. The Morgan fingerprint density at radius 1 is 1.16 bits per heavy atom. The number of rotatable bonds is 4. The van der Waals surface area contributed by atoms with Gasteiger partial charge in [-0.05, 0) is 43.1 Å². The number of ketones is 1. The van der Waals surface area contributed by atoms with Crippen molar-refractivity contribution in [3.8, 4) is 0 Å². The van der Waals surface area contributed by atoms with Crippen molar-refractivity contribution in [1.82, 2.24) is 0 Å². The third-order valence-electron chi connectivity index (χ3n) is 3.12. The van der Waals surface area contributed by atoms with E-state index in [9.17, 15) is 9.18 Å². The summed E-state index contributed by atoms with van der Waals surface area (Å²) in [7, 11) is 0. The molecule has 98 valence electrons. The average Bonchev–Trinajstić information content (AvgIpc) is 2.42. The van der Waals surface area contributed by atoms with Crippen molar-refractivity contribution in [3.05, 3.63) is 70.5 Å². The molecule has 2 N–H and O–H groups in total. The Labute approximate surface area is 112 Å². The van der Waals surface area contributed by atoms with Crippen molar-refractivity contribution in [2.75, 3.05) is 6.54 Å². The first kappa shape index (κ1) is 13.4. The van der Waals surface area contributed by atoms with Crippen LogP contribution >= 0.6 is 0 Å². The summed E-state index contributed by atoms with van der Waals surface area (Å²) in [6.07, 6.45) is 0.635. The van der Waals surface area contributed by atoms with Crippen molar-refractivity contribution in [2.45, 2.75) is 13.3 Å². The summed E-state index contributed by atoms with van der Waals surface area (Å²) in [5, 5.41) is 0. The van der Waals surface area contributed by atoms with E-state index in [0.717, 1.165) is 11.1 Å². The highest BCUT2D eigenvalue weighted by Crippen LogP contribution is 2.18. The van der Waals surface area contributed by atoms with E-state index >= 15 is 0 Å². The highest BCUT2D eigenvalue weighted by molar-refractivity contribution is 6.10. The molecule has 0 aromatic heterocycles. The first-order chi connectivity index (χ1) is 9.13. The quantitative estimate of drug-likeness (QED) is 0.856. The molecule has 0 unspecified atom stereocenters. The maximum Gasteiger partial charge on any atom is 0.193 e. The lowest BCUT2D eigenvalue weighted by molar-refractivity contribution is 0.103. The van der Waals surface area contributed by atoms with Crippen LogP contribution in [0.1, 0.15) is 27.0 Å². The van der Waals surface area contributed by atoms with Crippen LogP contribution in [-0.4, -0.2) is 12.3 Å². The highest BCUT2D eigenvalue weighted by Gasteiger charge is 2.15. The lowest BCUT2D eigenvalue weighted by Gasteiger charge is -2.09. The van der Waals surface area contributed by atoms with Crippen LogP contribution in [0.5, 0.6) is 0 Å². The third kappa shape index (κ3) is 2.88. The topological polar surface area (TPSA) is 43.1 Å². The maximum absolute atomic E-state index is 13.3. The molecule has 0 saturated heterocycles. The van der Waals surface area contributed by atoms with E-state index in [2.05, 4.69) is 0 Å². The molecule has 0 amide bonds. The molecule has 0 atom stereocenters. The molecule has 0 radical (unpaired) electrons. The van der Waals surface area contributed by atoms with Crippen LogP contribution < -0.4 is 5.73 Å². The van der Waals surface area contributed by atoms with E-state index in [1.807, 2.05) is 18.2 Å². The summed E-state index contributed by atoms with van der Waals surface area (Å²) in [5.74, 6) is -0.550. The van der Waals surface area contributed by atoms with Crippen molar-refractivity contribution >= 4 is 5.78 Å². The molecule has 2 aromatic rings. The first-order valence-corrected chi connectivity index (χ1v) is 6.22. The van der Waals surface area contributed by atoms with Crippen molar-refractivity contribution < 1.29 is 9.18 Å². The van der Waals surface area contributed by atoms with Gasteiger partial charge in [-0.3, -0.25) is 4.79 Å². The van der Waals surface area contributed by atoms with Crippen molar-refractivity contribution in [1.29, 1.82) is 0 Å². The Morgan fingerprint density at radius 3 is 2.63 bits per heavy atom. The molecule has 2 rings (SSSR count). The van der Waals surface area contributed by atoms with Gasteiger partial charge in [0.1, 0.15) is 5.82 Å². The Hall–Kier alpha value is -2.00. The number of hydrogen-bond acceptors (Lipinski definition) is 2. The fourth-order valence-corrected chi connectivity index (χ4v) is 2.10. The SMILES string of the molecule is Cc1ccc(F)cc1C(=O)c1ccccc1CCN. The second-order valence-corrected chi connectivity index (χ2v) is 4.48. The van der Waals surface area contributed by atoms with Gasteiger partial charge in [0.15, 0.2) is 5.78 Å². The molecule has 0 fully saturated rings. The van der Waals surface area contributed by atoms with Crippen LogP contribution in [0, 0.1) is 12.7 Å². The van der Waals surface area contributed by atoms with Crippen LogP contribution in [0.15, 0.2) is 42.5 Å². The van der Waals surface area contributed by atoms with Gasteiger partial charge in [-0.2, -0.15) is 0 Å². The van der Waals surface area contributed by atoms with Gasteiger partial charge in [0.25, 0.3) is 0 Å². The summed E-state index contributed by atoms with van der Waals surface area (Å²) in [6.45, 7) is 2.28. The Kier molecular flexibility index (Phi) is 4.07. The van der Waals surface area contributed by atoms with Gasteiger partial charge in [0, 0.05) is 11.1 Å². The van der Waals surface area contributed by atoms with E-state index in [0.29, 0.717) is 24.1 Å². The molecule has 0 aliphatic rings. The third-order valence-corrected chi connectivity index (χ3v) is 3.12. The Morgan fingerprint density at radius 2 is 1.89 bits per heavy atom. The van der Waals surface area contributed by atoms with E-state index < -0.39 is 5.82 Å². The van der Waals surface area contributed by atoms with E-state index in [-0.39, 0.29) is 5.78 Å². The van der Waals surface area contributed by atoms with Gasteiger partial charge in [-0.1, -0.05) is 30.3 Å². The molecule has 2 nitrogen and oxygen atoms in total. The molecule has 0 aliphatic carbocycles. The van der Waals surface area contributed by atoms with Crippen molar-refractivity contribution in [3.63, 3.8) is 0 Å². The predicted octanol–water partition coefficient (Wildman–Crippen LogP) is 2.87. The average molecular weight is 257 g/mol. The van der Waals surface area contributed by atoms with Gasteiger partial charge in [-0.25, -0.2) is 4.39 Å². The molecule has 0 bridgehead atoms. The number of carbonyl (C=O) groups is 1. The van der Waals surface area contributed by atoms with Gasteiger partial charge in [-0.15, -0.1) is 0 Å². The summed E-state index contributed by atoms with van der Waals surface area (Å²) >= 11 is 0. The molecule has 3 heteroatoms. The minimum atomic E-state index is -0.398. The molecule has 0 aliphatic heterocycles. The second kappa shape index (κ2) is 5.76. The zero-order chi connectivity index (χ0) is 13.8. The molecular formula is C16H16FNO. The molecule has 2 aromatic carbocycles. The van der Waals surface area contributed by atoms with Gasteiger partial charge in [0.05, 0.1) is 0 Å². The largest absolute Gasteiger partial charge is 0.330 e. The summed E-state index contributed by atoms with van der Waals surface area (Å²) in [5.41, 5.74) is 8.23. The lowest BCUT2D eigenvalue weighted by atomic mass is 9.94. The minimum absolute atomic E-state index is 0.152. The number of benzene rings is 2. The van der Waals surface area contributed by atoms with Crippen LogP contribution in [-0.2, 0) is 6.42 Å². The first-order valence-electron chi connectivity index (χ1n) is 6.22. The molecular weight excluding hydrogens is 241 g/mol. The van der Waals surface area contributed by atoms with Crippen LogP contribution in [0.25, 0.3) is 0 Å². The predicted molar refractivity (Wildman–Crippen MR) is 73.8 cm³/mol. The van der Waals surface area contributed by atoms with E-state index in [4.69, 9.17) is 5.73 Å². The zero-order valence-electron chi connectivity index (χ0n) is 10.8. The smallest absolute Gasteiger partial charge is 0.193 e. The molecule has 19 heavy (non-hydrogen) atoms. The molecule has 0 saturated carbocycles. The normalized spacial score (nSPS) is 10.5. The number of carbonyl (C=O) groups excluding carboxylic acids is 1. The monoisotopic (exact) mass is 257 g/mol. The van der Waals surface area contributed by atoms with Crippen LogP contribution in [0.2, 0.25) is 0 Å². The number of nitrogens with two attached hydrogens (primary N) is 1. The van der Waals surface area contributed by atoms with Crippen LogP contribution in [0.4, 0.5) is 4.39 Å². The van der Waals surface area contributed by atoms with Crippen molar-refractivity contribution in [2.24, 2.45) is 5.73 Å². The number of aryl methyl sites for hydroxylation is 1. The minimum Gasteiger partial charge on any atom is -0.330 e. The standard InChI is InChI=1S/C16H16FNO/c1-11-6-7-13(17)10-15(11)16(19)14-5-3-2-4-12(14)8-9-18/h2-7,10H,8-9,18H2,1H3. The van der Waals surface area contributed by atoms with Gasteiger partial charge < -0.3 is 5.73 Å². The van der Waals surface area contributed by atoms with Crippen LogP contribution in [0.3, 0.4) is 0 Å². The van der Waals surface area contributed by atoms with Gasteiger partial charge in [0.2, 0.25) is 0 Å². The summed E-state index contributed by atoms with van der Waals surface area (Å²) in [6, 6.07) is 11.6. The molecule has 0 heterocycles. The van der Waals surface area contributed by atoms with E-state index in [1.165, 1.54) is 12.1 Å². The fourth-order valence-electron chi connectivity index (χ4n) is 2.10. The number of hydrogen-bond donors (Lipinski definition) is 1. The summed E-state index contributed by atoms with van der Waals surface area (Å²) in [4.78, 5) is 12.5. The Balaban J connectivity index is 2.47. The Bertz CT molecular complexity index is 607. The van der Waals surface area contributed by atoms with Gasteiger partial charge >= 0.3 is 0 Å². The lowest BCUT2D eigenvalue weighted by Crippen LogP contribution is -2.11. The number of halogens is 1. The zero-order valence-corrected chi connectivity index (χ0v) is 10.8. The fraction of sp³-hybridized carbons (Fsp3) is 0.188. The second-order valence-electron chi connectivity index (χ2n) is 4.48. The maximum atomic E-state index is 13.3.